The zero-order valence-electron chi connectivity index (χ0n) is 18.5. The highest BCUT2D eigenvalue weighted by Gasteiger charge is 2.23. The highest BCUT2D eigenvalue weighted by molar-refractivity contribution is 8.00. The van der Waals surface area contributed by atoms with Crippen LogP contribution in [0.1, 0.15) is 48.4 Å². The zero-order valence-corrected chi connectivity index (χ0v) is 19.3. The number of aromatic nitrogens is 3. The second-order valence-electron chi connectivity index (χ2n) is 7.91. The smallest absolute Gasteiger partial charge is 0.339 e. The number of hydrogen-bond donors (Lipinski definition) is 0. The lowest BCUT2D eigenvalue weighted by atomic mass is 9.94. The van der Waals surface area contributed by atoms with Crippen LogP contribution in [-0.4, -0.2) is 50.7 Å². The number of rotatable bonds is 8. The van der Waals surface area contributed by atoms with Gasteiger partial charge >= 0.3 is 5.97 Å². The minimum absolute atomic E-state index is 0.0730. The number of esters is 1. The Bertz CT molecular complexity index is 1080. The van der Waals surface area contributed by atoms with E-state index < -0.39 is 5.97 Å². The number of carbonyl (C=O) groups is 2. The SMILES string of the molecule is CN(C(=O)CSc1ccccc1C(=O)OCc1nc(-c2cccnc2)no1)C1CCCCC1. The molecule has 1 fully saturated rings. The maximum absolute atomic E-state index is 12.7. The van der Waals surface area contributed by atoms with Crippen molar-refractivity contribution in [1.82, 2.24) is 20.0 Å². The summed E-state index contributed by atoms with van der Waals surface area (Å²) in [5.41, 5.74) is 1.12. The fourth-order valence-electron chi connectivity index (χ4n) is 3.81. The van der Waals surface area contributed by atoms with Crippen molar-refractivity contribution >= 4 is 23.6 Å². The van der Waals surface area contributed by atoms with Crippen molar-refractivity contribution < 1.29 is 18.8 Å². The Morgan fingerprint density at radius 3 is 2.76 bits per heavy atom. The number of pyridine rings is 1. The van der Waals surface area contributed by atoms with Gasteiger partial charge in [-0.25, -0.2) is 4.79 Å². The summed E-state index contributed by atoms with van der Waals surface area (Å²) in [7, 11) is 1.88. The van der Waals surface area contributed by atoms with Crippen LogP contribution in [0.3, 0.4) is 0 Å². The Hall–Kier alpha value is -3.20. The van der Waals surface area contributed by atoms with Crippen LogP contribution >= 0.6 is 11.8 Å². The van der Waals surface area contributed by atoms with Crippen LogP contribution in [0, 0.1) is 0 Å². The first-order chi connectivity index (χ1) is 16.1. The summed E-state index contributed by atoms with van der Waals surface area (Å²) in [4.78, 5) is 36.2. The van der Waals surface area contributed by atoms with Gasteiger partial charge in [0.05, 0.1) is 11.3 Å². The lowest BCUT2D eigenvalue weighted by molar-refractivity contribution is -0.129. The van der Waals surface area contributed by atoms with E-state index >= 15 is 0 Å². The molecule has 0 aliphatic heterocycles. The Kier molecular flexibility index (Phi) is 7.72. The number of ether oxygens (including phenoxy) is 1. The van der Waals surface area contributed by atoms with E-state index in [1.54, 1.807) is 30.6 Å². The van der Waals surface area contributed by atoms with E-state index in [0.717, 1.165) is 12.8 Å². The molecule has 1 aromatic carbocycles. The predicted molar refractivity (Wildman–Crippen MR) is 123 cm³/mol. The maximum Gasteiger partial charge on any atom is 0.339 e. The molecule has 9 heteroatoms. The largest absolute Gasteiger partial charge is 0.452 e. The van der Waals surface area contributed by atoms with Crippen molar-refractivity contribution in [3.8, 4) is 11.4 Å². The van der Waals surface area contributed by atoms with E-state index in [0.29, 0.717) is 27.9 Å². The highest BCUT2D eigenvalue weighted by Crippen LogP contribution is 2.26. The second-order valence-corrected chi connectivity index (χ2v) is 8.93. The van der Waals surface area contributed by atoms with Gasteiger partial charge in [-0.3, -0.25) is 9.78 Å². The molecule has 8 nitrogen and oxygen atoms in total. The van der Waals surface area contributed by atoms with E-state index in [4.69, 9.17) is 9.26 Å². The normalized spacial score (nSPS) is 14.1. The number of carbonyl (C=O) groups excluding carboxylic acids is 2. The first kappa shape index (κ1) is 23.0. The van der Waals surface area contributed by atoms with Gasteiger partial charge in [-0.15, -0.1) is 11.8 Å². The molecule has 1 saturated carbocycles. The molecule has 3 aromatic rings. The van der Waals surface area contributed by atoms with Crippen molar-refractivity contribution in [1.29, 1.82) is 0 Å². The van der Waals surface area contributed by atoms with E-state index in [1.807, 2.05) is 30.1 Å². The molecule has 0 bridgehead atoms. The molecule has 1 aliphatic rings. The fourth-order valence-corrected chi connectivity index (χ4v) is 4.77. The second kappa shape index (κ2) is 11.1. The fraction of sp³-hybridized carbons (Fsp3) is 0.375. The number of thioether (sulfide) groups is 1. The van der Waals surface area contributed by atoms with E-state index in [-0.39, 0.29) is 24.2 Å². The molecular formula is C24H26N4O4S. The van der Waals surface area contributed by atoms with Crippen LogP contribution in [0.4, 0.5) is 0 Å². The molecule has 1 aliphatic carbocycles. The van der Waals surface area contributed by atoms with Gasteiger partial charge in [-0.2, -0.15) is 4.98 Å². The summed E-state index contributed by atoms with van der Waals surface area (Å²) >= 11 is 1.35. The summed E-state index contributed by atoms with van der Waals surface area (Å²) in [6.07, 6.45) is 9.01. The standard InChI is InChI=1S/C24H26N4O4S/c1-28(18-9-3-2-4-10-18)22(29)16-33-20-12-6-5-11-19(20)24(30)31-15-21-26-23(27-32-21)17-8-7-13-25-14-17/h5-8,11-14,18H,2-4,9-10,15-16H2,1H3. The van der Waals surface area contributed by atoms with Crippen LogP contribution in [-0.2, 0) is 16.1 Å². The average Bonchev–Trinajstić information content (AvgIpc) is 3.36. The molecule has 0 atom stereocenters. The molecule has 2 aromatic heterocycles. The molecule has 0 spiro atoms. The minimum Gasteiger partial charge on any atom is -0.452 e. The molecule has 0 radical (unpaired) electrons. The Morgan fingerprint density at radius 1 is 1.15 bits per heavy atom. The van der Waals surface area contributed by atoms with E-state index in [1.165, 1.54) is 31.0 Å². The van der Waals surface area contributed by atoms with Gasteiger partial charge in [0, 0.05) is 35.9 Å². The molecule has 0 N–H and O–H groups in total. The van der Waals surface area contributed by atoms with Gasteiger partial charge in [-0.1, -0.05) is 36.6 Å². The lowest BCUT2D eigenvalue weighted by Gasteiger charge is -2.31. The third-order valence-corrected chi connectivity index (χ3v) is 6.75. The predicted octanol–water partition coefficient (Wildman–Crippen LogP) is 4.37. The van der Waals surface area contributed by atoms with Crippen LogP contribution in [0.25, 0.3) is 11.4 Å². The number of nitrogens with zero attached hydrogens (tertiary/aromatic N) is 4. The van der Waals surface area contributed by atoms with Crippen LogP contribution in [0.15, 0.2) is 58.2 Å². The van der Waals surface area contributed by atoms with Crippen LogP contribution in [0.5, 0.6) is 0 Å². The van der Waals surface area contributed by atoms with Gasteiger partial charge in [-0.05, 0) is 37.1 Å². The summed E-state index contributed by atoms with van der Waals surface area (Å²) in [6, 6.07) is 11.0. The minimum atomic E-state index is -0.507. The molecule has 4 rings (SSSR count). The molecule has 0 unspecified atom stereocenters. The Morgan fingerprint density at radius 2 is 1.97 bits per heavy atom. The van der Waals surface area contributed by atoms with E-state index in [2.05, 4.69) is 15.1 Å². The number of amides is 1. The van der Waals surface area contributed by atoms with Crippen molar-refractivity contribution in [2.45, 2.75) is 49.6 Å². The van der Waals surface area contributed by atoms with Gasteiger partial charge in [0.1, 0.15) is 0 Å². The van der Waals surface area contributed by atoms with Crippen molar-refractivity contribution in [3.63, 3.8) is 0 Å². The van der Waals surface area contributed by atoms with Crippen molar-refractivity contribution in [2.24, 2.45) is 0 Å². The summed E-state index contributed by atoms with van der Waals surface area (Å²) in [5, 5.41) is 3.89. The van der Waals surface area contributed by atoms with Gasteiger partial charge in [0.25, 0.3) is 5.89 Å². The zero-order chi connectivity index (χ0) is 23.0. The van der Waals surface area contributed by atoms with Crippen LogP contribution < -0.4 is 0 Å². The Labute approximate surface area is 196 Å². The van der Waals surface area contributed by atoms with Crippen LogP contribution in [0.2, 0.25) is 0 Å². The average molecular weight is 467 g/mol. The first-order valence-electron chi connectivity index (χ1n) is 11.0. The third-order valence-electron chi connectivity index (χ3n) is 5.69. The van der Waals surface area contributed by atoms with Gasteiger partial charge in [0.2, 0.25) is 11.7 Å². The molecule has 1 amide bonds. The summed E-state index contributed by atoms with van der Waals surface area (Å²) < 4.78 is 10.6. The molecule has 0 saturated heterocycles. The monoisotopic (exact) mass is 466 g/mol. The third kappa shape index (κ3) is 5.98. The van der Waals surface area contributed by atoms with Gasteiger partial charge in [0.15, 0.2) is 6.61 Å². The summed E-state index contributed by atoms with van der Waals surface area (Å²) in [5.74, 6) is 0.411. The quantitative estimate of drug-likeness (QED) is 0.356. The van der Waals surface area contributed by atoms with Gasteiger partial charge < -0.3 is 14.2 Å². The lowest BCUT2D eigenvalue weighted by Crippen LogP contribution is -2.39. The topological polar surface area (TPSA) is 98.4 Å². The Balaban J connectivity index is 1.33. The van der Waals surface area contributed by atoms with E-state index in [9.17, 15) is 9.59 Å². The maximum atomic E-state index is 12.7. The molecule has 33 heavy (non-hydrogen) atoms. The molecule has 2 heterocycles. The molecule has 172 valence electrons. The summed E-state index contributed by atoms with van der Waals surface area (Å²) in [6.45, 7) is -0.144. The van der Waals surface area contributed by atoms with Crippen molar-refractivity contribution in [2.75, 3.05) is 12.8 Å². The van der Waals surface area contributed by atoms with Crippen molar-refractivity contribution in [3.05, 3.63) is 60.2 Å². The number of benzene rings is 1. The first-order valence-corrected chi connectivity index (χ1v) is 12.0. The highest BCUT2D eigenvalue weighted by atomic mass is 32.2. The number of hydrogen-bond acceptors (Lipinski definition) is 8. The molecular weight excluding hydrogens is 440 g/mol.